The molecule has 1 saturated carbocycles. The van der Waals surface area contributed by atoms with Gasteiger partial charge >= 0.3 is 0 Å². The minimum absolute atomic E-state index is 0.578. The fraction of sp³-hybridized carbons (Fsp3) is 0.556. The van der Waals surface area contributed by atoms with Crippen LogP contribution in [-0.4, -0.2) is 19.2 Å². The third-order valence-electron chi connectivity index (χ3n) is 3.78. The van der Waals surface area contributed by atoms with Gasteiger partial charge in [0.15, 0.2) is 0 Å². The summed E-state index contributed by atoms with van der Waals surface area (Å²) in [4.78, 5) is 0. The Kier molecular flexibility index (Phi) is 5.81. The zero-order chi connectivity index (χ0) is 14.4. The zero-order valence-corrected chi connectivity index (χ0v) is 12.8. The number of rotatable bonds is 9. The molecule has 1 atom stereocenters. The van der Waals surface area contributed by atoms with Gasteiger partial charge in [-0.1, -0.05) is 36.8 Å². The molecule has 1 unspecified atom stereocenters. The Balaban J connectivity index is 1.72. The van der Waals surface area contributed by atoms with Crippen LogP contribution >= 0.6 is 0 Å². The first kappa shape index (κ1) is 15.3. The van der Waals surface area contributed by atoms with Crippen molar-refractivity contribution in [2.75, 3.05) is 13.2 Å². The summed E-state index contributed by atoms with van der Waals surface area (Å²) in [6.07, 6.45) is 3.66. The first-order valence-electron chi connectivity index (χ1n) is 7.69. The normalized spacial score (nSPS) is 16.1. The number of nitrogens with one attached hydrogen (secondary N) is 1. The Morgan fingerprint density at radius 2 is 2.05 bits per heavy atom. The third-order valence-corrected chi connectivity index (χ3v) is 3.78. The van der Waals surface area contributed by atoms with Crippen molar-refractivity contribution in [1.82, 2.24) is 5.32 Å². The lowest BCUT2D eigenvalue weighted by molar-refractivity contribution is 0.124. The number of benzene rings is 1. The van der Waals surface area contributed by atoms with Crippen LogP contribution in [-0.2, 0) is 11.3 Å². The summed E-state index contributed by atoms with van der Waals surface area (Å²) in [5.74, 6) is 0.578. The van der Waals surface area contributed by atoms with Crippen LogP contribution in [0.5, 0.6) is 0 Å². The van der Waals surface area contributed by atoms with Crippen molar-refractivity contribution in [2.45, 2.75) is 51.7 Å². The summed E-state index contributed by atoms with van der Waals surface area (Å²) in [6, 6.07) is 9.62. The smallest absolute Gasteiger partial charge is 0.0717 e. The summed E-state index contributed by atoms with van der Waals surface area (Å²) < 4.78 is 5.64. The van der Waals surface area contributed by atoms with Gasteiger partial charge in [-0.25, -0.2) is 0 Å². The fourth-order valence-electron chi connectivity index (χ4n) is 2.13. The summed E-state index contributed by atoms with van der Waals surface area (Å²) in [6.45, 7) is 10.7. The predicted octanol–water partition coefficient (Wildman–Crippen LogP) is 4.02. The quantitative estimate of drug-likeness (QED) is 0.542. The van der Waals surface area contributed by atoms with E-state index in [0.29, 0.717) is 12.5 Å². The van der Waals surface area contributed by atoms with E-state index >= 15 is 0 Å². The molecule has 0 bridgehead atoms. The molecule has 110 valence electrons. The lowest BCUT2D eigenvalue weighted by Crippen LogP contribution is -2.21. The van der Waals surface area contributed by atoms with Gasteiger partial charge in [-0.2, -0.15) is 0 Å². The largest absolute Gasteiger partial charge is 0.376 e. The van der Waals surface area contributed by atoms with E-state index in [2.05, 4.69) is 43.1 Å². The molecule has 0 radical (unpaired) electrons. The molecule has 1 aromatic rings. The maximum absolute atomic E-state index is 5.64. The molecule has 0 saturated heterocycles. The minimum Gasteiger partial charge on any atom is -0.376 e. The van der Waals surface area contributed by atoms with E-state index in [1.54, 1.807) is 0 Å². The maximum Gasteiger partial charge on any atom is 0.0717 e. The average Bonchev–Trinajstić information content (AvgIpc) is 3.25. The molecule has 0 spiro atoms. The molecule has 1 fully saturated rings. The lowest BCUT2D eigenvalue weighted by atomic mass is 10.00. The number of hydrogen-bond donors (Lipinski definition) is 1. The van der Waals surface area contributed by atoms with Crippen LogP contribution < -0.4 is 5.32 Å². The Morgan fingerprint density at radius 3 is 2.65 bits per heavy atom. The Bertz CT molecular complexity index is 420. The van der Waals surface area contributed by atoms with Crippen molar-refractivity contribution in [2.24, 2.45) is 0 Å². The van der Waals surface area contributed by atoms with Crippen molar-refractivity contribution in [3.8, 4) is 0 Å². The Hall–Kier alpha value is -1.12. The monoisotopic (exact) mass is 273 g/mol. The standard InChI is InChI=1S/C18H27NO/c1-14(2)10-11-20-13-16-4-6-17(7-5-16)15(3)12-19-18-8-9-18/h4-7,15,18-19H,1,8-13H2,2-3H3. The van der Waals surface area contributed by atoms with Crippen LogP contribution in [0.3, 0.4) is 0 Å². The highest BCUT2D eigenvalue weighted by atomic mass is 16.5. The highest BCUT2D eigenvalue weighted by molar-refractivity contribution is 5.25. The Morgan fingerprint density at radius 1 is 1.35 bits per heavy atom. The van der Waals surface area contributed by atoms with E-state index < -0.39 is 0 Å². The molecule has 2 rings (SSSR count). The fourth-order valence-corrected chi connectivity index (χ4v) is 2.13. The first-order valence-corrected chi connectivity index (χ1v) is 7.69. The van der Waals surface area contributed by atoms with E-state index in [9.17, 15) is 0 Å². The molecule has 1 N–H and O–H groups in total. The zero-order valence-electron chi connectivity index (χ0n) is 12.8. The van der Waals surface area contributed by atoms with Gasteiger partial charge < -0.3 is 10.1 Å². The molecule has 0 amide bonds. The van der Waals surface area contributed by atoms with Gasteiger partial charge in [-0.05, 0) is 43.2 Å². The number of hydrogen-bond acceptors (Lipinski definition) is 2. The molecule has 2 heteroatoms. The van der Waals surface area contributed by atoms with E-state index in [-0.39, 0.29) is 0 Å². The molecule has 2 nitrogen and oxygen atoms in total. The van der Waals surface area contributed by atoms with E-state index in [0.717, 1.165) is 25.6 Å². The second-order valence-corrected chi connectivity index (χ2v) is 6.08. The average molecular weight is 273 g/mol. The van der Waals surface area contributed by atoms with Crippen LogP contribution in [0.4, 0.5) is 0 Å². The van der Waals surface area contributed by atoms with Crippen LogP contribution in [0.15, 0.2) is 36.4 Å². The van der Waals surface area contributed by atoms with E-state index in [1.165, 1.54) is 29.5 Å². The van der Waals surface area contributed by atoms with Gasteiger partial charge in [0, 0.05) is 12.6 Å². The SMILES string of the molecule is C=C(C)CCOCc1ccc(C(C)CNC2CC2)cc1. The molecule has 1 aliphatic carbocycles. The lowest BCUT2D eigenvalue weighted by Gasteiger charge is -2.13. The minimum atomic E-state index is 0.578. The van der Waals surface area contributed by atoms with Gasteiger partial charge in [0.2, 0.25) is 0 Å². The first-order chi connectivity index (χ1) is 9.65. The molecule has 0 aromatic heterocycles. The molecule has 20 heavy (non-hydrogen) atoms. The maximum atomic E-state index is 5.64. The second kappa shape index (κ2) is 7.61. The van der Waals surface area contributed by atoms with Gasteiger partial charge in [-0.15, -0.1) is 6.58 Å². The molecule has 0 heterocycles. The van der Waals surface area contributed by atoms with E-state index in [1.807, 2.05) is 6.92 Å². The molecule has 1 aromatic carbocycles. The summed E-state index contributed by atoms with van der Waals surface area (Å²) in [5.41, 5.74) is 3.83. The third kappa shape index (κ3) is 5.48. The van der Waals surface area contributed by atoms with Crippen molar-refractivity contribution in [3.05, 3.63) is 47.5 Å². The topological polar surface area (TPSA) is 21.3 Å². The number of ether oxygens (including phenoxy) is 1. The van der Waals surface area contributed by atoms with Gasteiger partial charge in [0.05, 0.1) is 13.2 Å². The molecule has 1 aliphatic rings. The Labute approximate surface area is 123 Å². The van der Waals surface area contributed by atoms with Crippen LogP contribution in [0.1, 0.15) is 50.2 Å². The molecule has 0 aliphatic heterocycles. The summed E-state index contributed by atoms with van der Waals surface area (Å²) in [7, 11) is 0. The van der Waals surface area contributed by atoms with Crippen molar-refractivity contribution < 1.29 is 4.74 Å². The highest BCUT2D eigenvalue weighted by Crippen LogP contribution is 2.21. The van der Waals surface area contributed by atoms with Gasteiger partial charge in [0.1, 0.15) is 0 Å². The summed E-state index contributed by atoms with van der Waals surface area (Å²) in [5, 5.41) is 3.59. The molecular formula is C18H27NO. The summed E-state index contributed by atoms with van der Waals surface area (Å²) >= 11 is 0. The van der Waals surface area contributed by atoms with Crippen LogP contribution in [0.2, 0.25) is 0 Å². The van der Waals surface area contributed by atoms with Crippen molar-refractivity contribution >= 4 is 0 Å². The van der Waals surface area contributed by atoms with Gasteiger partial charge in [0.25, 0.3) is 0 Å². The van der Waals surface area contributed by atoms with Crippen molar-refractivity contribution in [1.29, 1.82) is 0 Å². The second-order valence-electron chi connectivity index (χ2n) is 6.08. The van der Waals surface area contributed by atoms with E-state index in [4.69, 9.17) is 4.74 Å². The predicted molar refractivity (Wildman–Crippen MR) is 85.0 cm³/mol. The highest BCUT2D eigenvalue weighted by Gasteiger charge is 2.21. The van der Waals surface area contributed by atoms with Gasteiger partial charge in [-0.3, -0.25) is 0 Å². The van der Waals surface area contributed by atoms with Crippen molar-refractivity contribution in [3.63, 3.8) is 0 Å². The van der Waals surface area contributed by atoms with Crippen LogP contribution in [0.25, 0.3) is 0 Å². The molecular weight excluding hydrogens is 246 g/mol. The van der Waals surface area contributed by atoms with Crippen LogP contribution in [0, 0.1) is 0 Å².